The second kappa shape index (κ2) is 6.10. The number of hydrogen-bond acceptors (Lipinski definition) is 4. The van der Waals surface area contributed by atoms with Gasteiger partial charge in [0.1, 0.15) is 10.8 Å². The first kappa shape index (κ1) is 15.9. The molecule has 0 unspecified atom stereocenters. The Hall–Kier alpha value is -1.49. The van der Waals surface area contributed by atoms with Crippen LogP contribution in [-0.2, 0) is 4.74 Å². The lowest BCUT2D eigenvalue weighted by molar-refractivity contribution is 0.0219. The summed E-state index contributed by atoms with van der Waals surface area (Å²) in [6.45, 7) is 9.76. The smallest absolute Gasteiger partial charge is 0.410 e. The van der Waals surface area contributed by atoms with Crippen molar-refractivity contribution in [1.82, 2.24) is 9.88 Å². The number of aromatic nitrogens is 1. The molecule has 1 aromatic rings. The quantitative estimate of drug-likeness (QED) is 0.747. The Morgan fingerprint density at radius 2 is 2.10 bits per heavy atom. The summed E-state index contributed by atoms with van der Waals surface area (Å²) < 4.78 is 5.42. The number of nitrogens with zero attached hydrogens (tertiary/aromatic N) is 3. The van der Waals surface area contributed by atoms with Crippen molar-refractivity contribution in [3.8, 4) is 0 Å². The number of piperazine rings is 1. The molecule has 0 bridgehead atoms. The van der Waals surface area contributed by atoms with E-state index in [1.165, 1.54) is 0 Å². The van der Waals surface area contributed by atoms with Gasteiger partial charge in [0.15, 0.2) is 0 Å². The van der Waals surface area contributed by atoms with E-state index in [-0.39, 0.29) is 12.1 Å². The molecule has 1 saturated heterocycles. The molecule has 21 heavy (non-hydrogen) atoms. The number of amides is 1. The van der Waals surface area contributed by atoms with Crippen molar-refractivity contribution in [2.75, 3.05) is 24.5 Å². The van der Waals surface area contributed by atoms with Crippen LogP contribution in [-0.4, -0.2) is 47.3 Å². The molecule has 1 amide bonds. The van der Waals surface area contributed by atoms with Crippen molar-refractivity contribution >= 4 is 23.4 Å². The van der Waals surface area contributed by atoms with Crippen molar-refractivity contribution in [2.24, 2.45) is 0 Å². The molecule has 1 atom stereocenters. The molecule has 1 fully saturated rings. The molecule has 1 aliphatic heterocycles. The summed E-state index contributed by atoms with van der Waals surface area (Å²) in [4.78, 5) is 20.2. The number of halogens is 1. The SMILES string of the molecule is C[C@H]1CN(C(=O)OC(C)(C)C)CCN1c1ccc(Cl)nc1. The van der Waals surface area contributed by atoms with Gasteiger partial charge < -0.3 is 14.5 Å². The van der Waals surface area contributed by atoms with Gasteiger partial charge in [-0.25, -0.2) is 9.78 Å². The van der Waals surface area contributed by atoms with Crippen LogP contribution < -0.4 is 4.90 Å². The third-order valence-corrected chi connectivity index (χ3v) is 3.55. The van der Waals surface area contributed by atoms with E-state index in [4.69, 9.17) is 16.3 Å². The van der Waals surface area contributed by atoms with Gasteiger partial charge >= 0.3 is 6.09 Å². The maximum atomic E-state index is 12.1. The molecule has 2 heterocycles. The first-order valence-corrected chi connectivity index (χ1v) is 7.50. The fourth-order valence-electron chi connectivity index (χ4n) is 2.37. The molecule has 116 valence electrons. The predicted molar refractivity (Wildman–Crippen MR) is 83.9 cm³/mol. The summed E-state index contributed by atoms with van der Waals surface area (Å²) >= 11 is 5.81. The van der Waals surface area contributed by atoms with Gasteiger partial charge in [-0.2, -0.15) is 0 Å². The fourth-order valence-corrected chi connectivity index (χ4v) is 2.48. The summed E-state index contributed by atoms with van der Waals surface area (Å²) in [6.07, 6.45) is 1.52. The van der Waals surface area contributed by atoms with Gasteiger partial charge in [-0.1, -0.05) is 11.6 Å². The van der Waals surface area contributed by atoms with Gasteiger partial charge in [-0.3, -0.25) is 0 Å². The minimum atomic E-state index is -0.461. The van der Waals surface area contributed by atoms with Crippen molar-refractivity contribution in [1.29, 1.82) is 0 Å². The summed E-state index contributed by atoms with van der Waals surface area (Å²) in [6, 6.07) is 3.94. The van der Waals surface area contributed by atoms with Crippen LogP contribution in [0, 0.1) is 0 Å². The largest absolute Gasteiger partial charge is 0.444 e. The summed E-state index contributed by atoms with van der Waals surface area (Å²) in [5.74, 6) is 0. The molecule has 0 aromatic carbocycles. The Bertz CT molecular complexity index is 499. The molecular formula is C15H22ClN3O2. The minimum absolute atomic E-state index is 0.203. The maximum Gasteiger partial charge on any atom is 0.410 e. The van der Waals surface area contributed by atoms with Gasteiger partial charge in [0.2, 0.25) is 0 Å². The average Bonchev–Trinajstić information content (AvgIpc) is 2.38. The van der Waals surface area contributed by atoms with Crippen molar-refractivity contribution < 1.29 is 9.53 Å². The molecule has 2 rings (SSSR count). The highest BCUT2D eigenvalue weighted by Crippen LogP contribution is 2.22. The summed E-state index contributed by atoms with van der Waals surface area (Å²) in [7, 11) is 0. The maximum absolute atomic E-state index is 12.1. The molecule has 0 aliphatic carbocycles. The number of carbonyl (C=O) groups is 1. The molecular weight excluding hydrogens is 290 g/mol. The van der Waals surface area contributed by atoms with Crippen LogP contribution in [0.1, 0.15) is 27.7 Å². The van der Waals surface area contributed by atoms with E-state index >= 15 is 0 Å². The Balaban J connectivity index is 1.99. The number of pyridine rings is 1. The third-order valence-electron chi connectivity index (χ3n) is 3.32. The van der Waals surface area contributed by atoms with Gasteiger partial charge in [0.05, 0.1) is 11.9 Å². The molecule has 1 aromatic heterocycles. The predicted octanol–water partition coefficient (Wildman–Crippen LogP) is 3.18. The Morgan fingerprint density at radius 1 is 1.38 bits per heavy atom. The zero-order valence-corrected chi connectivity index (χ0v) is 13.7. The lowest BCUT2D eigenvalue weighted by Crippen LogP contribution is -2.54. The molecule has 1 aliphatic rings. The molecule has 0 N–H and O–H groups in total. The second-order valence-electron chi connectivity index (χ2n) is 6.31. The number of carbonyl (C=O) groups excluding carboxylic acids is 1. The van der Waals surface area contributed by atoms with Crippen LogP contribution in [0.2, 0.25) is 5.15 Å². The number of anilines is 1. The molecule has 5 nitrogen and oxygen atoms in total. The van der Waals surface area contributed by atoms with E-state index < -0.39 is 5.60 Å². The lowest BCUT2D eigenvalue weighted by atomic mass is 10.1. The first-order valence-electron chi connectivity index (χ1n) is 7.12. The van der Waals surface area contributed by atoms with Gasteiger partial charge in [-0.05, 0) is 39.8 Å². The van der Waals surface area contributed by atoms with Crippen LogP contribution in [0.3, 0.4) is 0 Å². The van der Waals surface area contributed by atoms with Crippen LogP contribution in [0.5, 0.6) is 0 Å². The standard InChI is InChI=1S/C15H22ClN3O2/c1-11-10-18(14(20)21-15(2,3)4)7-8-19(11)12-5-6-13(16)17-9-12/h5-6,9,11H,7-8,10H2,1-4H3/t11-/m0/s1. The van der Waals surface area contributed by atoms with E-state index in [9.17, 15) is 4.79 Å². The highest BCUT2D eigenvalue weighted by molar-refractivity contribution is 6.29. The van der Waals surface area contributed by atoms with Crippen molar-refractivity contribution in [3.63, 3.8) is 0 Å². The molecule has 0 spiro atoms. The van der Waals surface area contributed by atoms with Gasteiger partial charge in [0, 0.05) is 25.7 Å². The number of hydrogen-bond donors (Lipinski definition) is 0. The fraction of sp³-hybridized carbons (Fsp3) is 0.600. The van der Waals surface area contributed by atoms with Crippen molar-refractivity contribution in [3.05, 3.63) is 23.5 Å². The van der Waals surface area contributed by atoms with E-state index in [0.29, 0.717) is 18.2 Å². The first-order chi connectivity index (χ1) is 9.76. The minimum Gasteiger partial charge on any atom is -0.444 e. The number of ether oxygens (including phenoxy) is 1. The highest BCUT2D eigenvalue weighted by Gasteiger charge is 2.29. The van der Waals surface area contributed by atoms with Crippen molar-refractivity contribution in [2.45, 2.75) is 39.3 Å². The zero-order chi connectivity index (χ0) is 15.6. The molecule has 0 saturated carbocycles. The lowest BCUT2D eigenvalue weighted by Gasteiger charge is -2.41. The van der Waals surface area contributed by atoms with E-state index in [1.807, 2.05) is 26.8 Å². The zero-order valence-electron chi connectivity index (χ0n) is 13.0. The van der Waals surface area contributed by atoms with Gasteiger partial charge in [-0.15, -0.1) is 0 Å². The summed E-state index contributed by atoms with van der Waals surface area (Å²) in [5.41, 5.74) is 0.563. The average molecular weight is 312 g/mol. The van der Waals surface area contributed by atoms with E-state index in [0.717, 1.165) is 12.2 Å². The Morgan fingerprint density at radius 3 is 2.62 bits per heavy atom. The number of rotatable bonds is 1. The van der Waals surface area contributed by atoms with Crippen LogP contribution in [0.25, 0.3) is 0 Å². The van der Waals surface area contributed by atoms with Crippen LogP contribution in [0.4, 0.5) is 10.5 Å². The third kappa shape index (κ3) is 4.24. The normalized spacial score (nSPS) is 19.6. The highest BCUT2D eigenvalue weighted by atomic mass is 35.5. The van der Waals surface area contributed by atoms with Gasteiger partial charge in [0.25, 0.3) is 0 Å². The molecule has 6 heteroatoms. The van der Waals surface area contributed by atoms with E-state index in [2.05, 4.69) is 16.8 Å². The Kier molecular flexibility index (Phi) is 4.61. The Labute approximate surface area is 130 Å². The monoisotopic (exact) mass is 311 g/mol. The molecule has 0 radical (unpaired) electrons. The summed E-state index contributed by atoms with van der Waals surface area (Å²) in [5, 5.41) is 0.485. The second-order valence-corrected chi connectivity index (χ2v) is 6.70. The van der Waals surface area contributed by atoms with E-state index in [1.54, 1.807) is 17.2 Å². The van der Waals surface area contributed by atoms with Crippen LogP contribution >= 0.6 is 11.6 Å². The van der Waals surface area contributed by atoms with Crippen LogP contribution in [0.15, 0.2) is 18.3 Å². The topological polar surface area (TPSA) is 45.7 Å².